The normalized spacial score (nSPS) is 11.4. The van der Waals surface area contributed by atoms with Gasteiger partial charge >= 0.3 is 115 Å². The van der Waals surface area contributed by atoms with Gasteiger partial charge in [-0.2, -0.15) is 36.9 Å². The van der Waals surface area contributed by atoms with Gasteiger partial charge in [0.1, 0.15) is 23.7 Å². The number of hydrogen-bond acceptors (Lipinski definition) is 11. The Balaban J connectivity index is -0.000000286. The zero-order valence-corrected chi connectivity index (χ0v) is 41.1. The topological polar surface area (TPSA) is 234 Å². The summed E-state index contributed by atoms with van der Waals surface area (Å²) in [5.74, 6) is -1.34. The molecule has 65 heavy (non-hydrogen) atoms. The molecule has 0 spiro atoms. The molecular weight excluding hydrogens is 993 g/mol. The minimum absolute atomic E-state index is 0. The number of nitrogens with zero attached hydrogens (tertiary/aromatic N) is 4. The van der Waals surface area contributed by atoms with E-state index in [0.29, 0.717) is 29.0 Å². The molecule has 0 unspecified atom stereocenters. The number of nitrogens with one attached hydrogen (secondary N) is 2. The minimum atomic E-state index is -4.76. The van der Waals surface area contributed by atoms with Crippen LogP contribution in [0.1, 0.15) is 52.4 Å². The number of nitriles is 2. The van der Waals surface area contributed by atoms with Gasteiger partial charge in [0.15, 0.2) is 17.0 Å². The van der Waals surface area contributed by atoms with E-state index in [-0.39, 0.29) is 148 Å². The predicted molar refractivity (Wildman–Crippen MR) is 219 cm³/mol. The summed E-state index contributed by atoms with van der Waals surface area (Å²) in [6.45, 7) is 15.2. The van der Waals surface area contributed by atoms with E-state index in [0.717, 1.165) is 25.1 Å². The number of carbonyl (C=O) groups is 3. The molecule has 4 rings (SSSR count). The van der Waals surface area contributed by atoms with Crippen molar-refractivity contribution >= 4 is 57.0 Å². The number of carbonyl (C=O) groups excluding carboxylic acids is 3. The minimum Gasteiger partial charge on any atom is -1.00 e. The van der Waals surface area contributed by atoms with Crippen LogP contribution in [0.5, 0.6) is 11.5 Å². The van der Waals surface area contributed by atoms with Crippen molar-refractivity contribution in [2.24, 2.45) is 0 Å². The molecule has 15 nitrogen and oxygen atoms in total. The third-order valence-electron chi connectivity index (χ3n) is 7.14. The van der Waals surface area contributed by atoms with Gasteiger partial charge < -0.3 is 42.3 Å². The van der Waals surface area contributed by atoms with Gasteiger partial charge in [0.05, 0.1) is 47.5 Å². The first-order valence-corrected chi connectivity index (χ1v) is 17.4. The van der Waals surface area contributed by atoms with E-state index in [4.69, 9.17) is 43.6 Å². The van der Waals surface area contributed by atoms with Crippen molar-refractivity contribution in [3.05, 3.63) is 130 Å². The van der Waals surface area contributed by atoms with E-state index in [1.165, 1.54) is 49.4 Å². The number of hydrogen-bond donors (Lipinski definition) is 5. The number of phenolic OH excluding ortho intramolecular Hbond substituents is 1. The van der Waals surface area contributed by atoms with Crippen LogP contribution in [0.4, 0.5) is 49.1 Å². The van der Waals surface area contributed by atoms with Crippen LogP contribution in [0, 0.1) is 35.8 Å². The first-order valence-electron chi connectivity index (χ1n) is 16.3. The summed E-state index contributed by atoms with van der Waals surface area (Å²) in [4.78, 5) is 40.7. The fraction of sp³-hybridized carbons (Fsp3) is 0.244. The van der Waals surface area contributed by atoms with Crippen molar-refractivity contribution in [2.75, 3.05) is 22.6 Å². The van der Waals surface area contributed by atoms with Crippen LogP contribution < -0.4 is 123 Å². The summed E-state index contributed by atoms with van der Waals surface area (Å²) in [6.07, 6.45) is -9.46. The molecule has 338 valence electrons. The number of halogens is 7. The second-order valence-corrected chi connectivity index (χ2v) is 12.6. The standard InChI is InChI=1S/C19H14F3N3O3.C12H10BrF3N2O2.C7H5NO.CH2O3.2CH4.2K.H/c1-18(27,11-28-14-6-3-12(10-23)4-7-14)17(26)25-13-5-8-16(24-2)15(9-13)19(20,21)22;1-11(20,6-13)10(19)18-7-3-4-9(17-2)8(5-7)12(14,15)16;8-5-6-1-3-7(9)4-2-6;2-1-4-3;;;;;/h3-9,27H,11H2,1H3,(H,25,26);3-5,20H,6H2,1H3,(H,18,19);1-4,9H;1,3H;2*1H4;;;/q;;;;;;2*+1;-1/p-1/t18-;11-;;;;;;;/m00......./s1. The van der Waals surface area contributed by atoms with Crippen LogP contribution in [0.3, 0.4) is 0 Å². The Morgan fingerprint density at radius 2 is 1.12 bits per heavy atom. The number of anilines is 2. The quantitative estimate of drug-likeness (QED) is 0.0311. The number of alkyl halides is 7. The fourth-order valence-electron chi connectivity index (χ4n) is 3.92. The van der Waals surface area contributed by atoms with Crippen LogP contribution in [-0.4, -0.2) is 56.7 Å². The van der Waals surface area contributed by atoms with Crippen LogP contribution in [0.2, 0.25) is 0 Å². The Morgan fingerprint density at radius 3 is 1.43 bits per heavy atom. The predicted octanol–water partition coefficient (Wildman–Crippen LogP) is 2.33. The number of ether oxygens (including phenoxy) is 1. The first-order chi connectivity index (χ1) is 28.4. The summed E-state index contributed by atoms with van der Waals surface area (Å²) in [5.41, 5.74) is -6.67. The monoisotopic (exact) mass is 1030 g/mol. The number of benzene rings is 4. The van der Waals surface area contributed by atoms with Crippen LogP contribution in [-0.2, 0) is 31.6 Å². The molecule has 0 radical (unpaired) electrons. The van der Waals surface area contributed by atoms with E-state index < -0.39 is 64.5 Å². The Kier molecular flexibility index (Phi) is 33.2. The number of phenols is 1. The van der Waals surface area contributed by atoms with E-state index >= 15 is 0 Å². The molecule has 2 atom stereocenters. The van der Waals surface area contributed by atoms with Crippen molar-refractivity contribution < 1.29 is 175 Å². The van der Waals surface area contributed by atoms with Gasteiger partial charge in [0.25, 0.3) is 18.3 Å². The smallest absolute Gasteiger partial charge is 1.00 e. The third-order valence-corrected chi connectivity index (χ3v) is 8.23. The first kappa shape index (κ1) is 67.7. The molecule has 0 bridgehead atoms. The Hall–Kier alpha value is -3.94. The zero-order valence-electron chi connectivity index (χ0n) is 34.3. The molecule has 0 aliphatic carbocycles. The van der Waals surface area contributed by atoms with Gasteiger partial charge in [-0.1, -0.05) is 42.9 Å². The average molecular weight is 1030 g/mol. The summed E-state index contributed by atoms with van der Waals surface area (Å²) in [6, 6.07) is 21.4. The molecule has 0 saturated carbocycles. The van der Waals surface area contributed by atoms with Crippen molar-refractivity contribution in [1.82, 2.24) is 0 Å². The molecule has 0 aromatic heterocycles. The average Bonchev–Trinajstić information content (AvgIpc) is 3.23. The molecule has 4 aromatic carbocycles. The molecule has 0 saturated heterocycles. The summed E-state index contributed by atoms with van der Waals surface area (Å²) >= 11 is 2.92. The van der Waals surface area contributed by atoms with Gasteiger partial charge in [-0.15, -0.1) is 0 Å². The number of amides is 2. The van der Waals surface area contributed by atoms with Crippen LogP contribution >= 0.6 is 15.9 Å². The van der Waals surface area contributed by atoms with Crippen molar-refractivity contribution in [1.29, 1.82) is 10.5 Å². The number of rotatable bonds is 9. The van der Waals surface area contributed by atoms with Crippen molar-refractivity contribution in [3.63, 3.8) is 0 Å². The number of aliphatic hydroxyl groups is 2. The maximum Gasteiger partial charge on any atom is 1.00 e. The molecule has 0 aliphatic rings. The molecular formula is C41H39BrF6K2N6O9. The SMILES string of the molecule is C.C.N#Cc1ccc(O)cc1.O=CO[O-].[C-]#[N+]c1ccc(NC(=O)[C@@](C)(O)CBr)cc1C(F)(F)F.[C-]#[N+]c1ccc(NC(=O)[C@@](C)(O)COc2ccc(C#N)cc2)cc1C(F)(F)F.[H-].[K+].[K+]. The molecule has 0 fully saturated rings. The third kappa shape index (κ3) is 23.9. The van der Waals surface area contributed by atoms with Gasteiger partial charge in [-0.25, -0.2) is 9.69 Å². The van der Waals surface area contributed by atoms with Gasteiger partial charge in [0.2, 0.25) is 0 Å². The van der Waals surface area contributed by atoms with E-state index in [1.807, 2.05) is 12.1 Å². The molecule has 4 aromatic rings. The Bertz CT molecular complexity index is 2320. The molecule has 0 aliphatic heterocycles. The van der Waals surface area contributed by atoms with Gasteiger partial charge in [-0.05, 0) is 86.6 Å². The summed E-state index contributed by atoms with van der Waals surface area (Å²) in [5, 5.41) is 58.4. The van der Waals surface area contributed by atoms with E-state index in [9.17, 15) is 46.1 Å². The van der Waals surface area contributed by atoms with Crippen LogP contribution in [0.15, 0.2) is 84.9 Å². The van der Waals surface area contributed by atoms with E-state index in [1.54, 1.807) is 12.1 Å². The van der Waals surface area contributed by atoms with Crippen molar-refractivity contribution in [3.8, 4) is 23.6 Å². The molecule has 5 N–H and O–H groups in total. The molecule has 2 amide bonds. The van der Waals surface area contributed by atoms with E-state index in [2.05, 4.69) is 41.1 Å². The molecule has 0 heterocycles. The maximum atomic E-state index is 13.0. The van der Waals surface area contributed by atoms with Crippen LogP contribution in [0.25, 0.3) is 9.69 Å². The summed E-state index contributed by atoms with van der Waals surface area (Å²) in [7, 11) is 0. The number of aromatic hydroxyl groups is 1. The Morgan fingerprint density at radius 1 is 0.769 bits per heavy atom. The second kappa shape index (κ2) is 31.9. The summed E-state index contributed by atoms with van der Waals surface area (Å²) < 4.78 is 82.5. The Labute approximate surface area is 465 Å². The van der Waals surface area contributed by atoms with Gasteiger partial charge in [-0.3, -0.25) is 14.4 Å². The zero-order chi connectivity index (χ0) is 46.6. The second-order valence-electron chi connectivity index (χ2n) is 12.0. The van der Waals surface area contributed by atoms with Gasteiger partial charge in [0, 0.05) is 16.7 Å². The van der Waals surface area contributed by atoms with Crippen molar-refractivity contribution in [2.45, 2.75) is 52.3 Å². The molecule has 24 heteroatoms. The maximum absolute atomic E-state index is 13.0. The largest absolute Gasteiger partial charge is 1.00 e. The fourth-order valence-corrected chi connectivity index (χ4v) is 4.17.